The van der Waals surface area contributed by atoms with E-state index in [1.807, 2.05) is 10.8 Å². The molecule has 0 unspecified atom stereocenters. The Hall–Kier alpha value is -2.54. The molecule has 3 heterocycles. The Kier molecular flexibility index (Phi) is 3.86. The molecule has 1 aliphatic heterocycles. The van der Waals surface area contributed by atoms with E-state index in [0.29, 0.717) is 23.6 Å². The number of aryl methyl sites for hydroxylation is 1. The van der Waals surface area contributed by atoms with Gasteiger partial charge in [-0.3, -0.25) is 0 Å². The molecule has 7 heteroatoms. The summed E-state index contributed by atoms with van der Waals surface area (Å²) in [4.78, 5) is 4.05. The standard InChI is InChI=1S/C17H17FN4O2/c1-11-3-2-4-13(14(11)18)16-20-21-17(24-16)15-12(5-8-23-15)9-22-7-6-19-10-22/h2-4,6-7,10,12,15H,5,8-9H2,1H3/t12-,15-/m0/s1. The van der Waals surface area contributed by atoms with Gasteiger partial charge >= 0.3 is 0 Å². The third kappa shape index (κ3) is 2.71. The van der Waals surface area contributed by atoms with Crippen LogP contribution in [0.25, 0.3) is 11.5 Å². The van der Waals surface area contributed by atoms with E-state index >= 15 is 0 Å². The second-order valence-electron chi connectivity index (χ2n) is 5.98. The normalized spacial score (nSPS) is 20.6. The summed E-state index contributed by atoms with van der Waals surface area (Å²) in [5, 5.41) is 8.10. The maximum atomic E-state index is 14.2. The van der Waals surface area contributed by atoms with E-state index < -0.39 is 0 Å². The maximum Gasteiger partial charge on any atom is 0.250 e. The Morgan fingerprint density at radius 3 is 3.08 bits per heavy atom. The van der Waals surface area contributed by atoms with Crippen molar-refractivity contribution in [2.45, 2.75) is 26.0 Å². The number of nitrogens with zero attached hydrogens (tertiary/aromatic N) is 4. The van der Waals surface area contributed by atoms with Gasteiger partial charge in [-0.15, -0.1) is 10.2 Å². The van der Waals surface area contributed by atoms with Crippen LogP contribution in [-0.4, -0.2) is 26.4 Å². The summed E-state index contributed by atoms with van der Waals surface area (Å²) in [5.74, 6) is 0.460. The molecule has 6 nitrogen and oxygen atoms in total. The summed E-state index contributed by atoms with van der Waals surface area (Å²) >= 11 is 0. The van der Waals surface area contributed by atoms with Crippen molar-refractivity contribution in [1.82, 2.24) is 19.7 Å². The van der Waals surface area contributed by atoms with Crippen molar-refractivity contribution in [2.24, 2.45) is 5.92 Å². The van der Waals surface area contributed by atoms with E-state index in [2.05, 4.69) is 15.2 Å². The van der Waals surface area contributed by atoms with E-state index in [0.717, 1.165) is 13.0 Å². The number of hydrogen-bond donors (Lipinski definition) is 0. The first-order valence-corrected chi connectivity index (χ1v) is 7.88. The lowest BCUT2D eigenvalue weighted by molar-refractivity contribution is 0.0642. The minimum atomic E-state index is -0.338. The van der Waals surface area contributed by atoms with Crippen molar-refractivity contribution in [2.75, 3.05) is 6.61 Å². The molecule has 1 aliphatic rings. The molecule has 0 bridgehead atoms. The highest BCUT2D eigenvalue weighted by atomic mass is 19.1. The highest BCUT2D eigenvalue weighted by Crippen LogP contribution is 2.36. The quantitative estimate of drug-likeness (QED) is 0.736. The van der Waals surface area contributed by atoms with Gasteiger partial charge in [0.15, 0.2) is 0 Å². The fraction of sp³-hybridized carbons (Fsp3) is 0.353. The monoisotopic (exact) mass is 328 g/mol. The topological polar surface area (TPSA) is 66.0 Å². The second-order valence-corrected chi connectivity index (χ2v) is 5.98. The summed E-state index contributed by atoms with van der Waals surface area (Å²) in [5.41, 5.74) is 0.861. The van der Waals surface area contributed by atoms with Crippen LogP contribution in [0.15, 0.2) is 41.3 Å². The fourth-order valence-corrected chi connectivity index (χ4v) is 3.03. The highest BCUT2D eigenvalue weighted by Gasteiger charge is 2.34. The first kappa shape index (κ1) is 15.0. The van der Waals surface area contributed by atoms with Gasteiger partial charge in [-0.2, -0.15) is 0 Å². The van der Waals surface area contributed by atoms with Gasteiger partial charge in [0, 0.05) is 31.5 Å². The van der Waals surface area contributed by atoms with Crippen molar-refractivity contribution in [1.29, 1.82) is 0 Å². The zero-order valence-electron chi connectivity index (χ0n) is 13.2. The van der Waals surface area contributed by atoms with Crippen molar-refractivity contribution in [3.63, 3.8) is 0 Å². The van der Waals surface area contributed by atoms with Gasteiger partial charge in [0.05, 0.1) is 11.9 Å². The van der Waals surface area contributed by atoms with Gasteiger partial charge in [-0.25, -0.2) is 9.37 Å². The first-order valence-electron chi connectivity index (χ1n) is 7.88. The van der Waals surface area contributed by atoms with Crippen molar-refractivity contribution < 1.29 is 13.5 Å². The Morgan fingerprint density at radius 2 is 2.25 bits per heavy atom. The van der Waals surface area contributed by atoms with Crippen LogP contribution in [0.1, 0.15) is 24.0 Å². The largest absolute Gasteiger partial charge is 0.418 e. The first-order chi connectivity index (χ1) is 11.7. The molecule has 2 atom stereocenters. The van der Waals surface area contributed by atoms with Crippen LogP contribution in [0.5, 0.6) is 0 Å². The van der Waals surface area contributed by atoms with E-state index in [9.17, 15) is 4.39 Å². The van der Waals surface area contributed by atoms with Crippen LogP contribution in [0, 0.1) is 18.7 Å². The lowest BCUT2D eigenvalue weighted by atomic mass is 10.0. The van der Waals surface area contributed by atoms with Gasteiger partial charge in [0.1, 0.15) is 11.9 Å². The smallest absolute Gasteiger partial charge is 0.250 e. The van der Waals surface area contributed by atoms with Gasteiger partial charge in [-0.1, -0.05) is 12.1 Å². The van der Waals surface area contributed by atoms with Gasteiger partial charge in [-0.05, 0) is 25.0 Å². The third-order valence-electron chi connectivity index (χ3n) is 4.32. The molecule has 1 saturated heterocycles. The molecule has 3 aromatic rings. The molecule has 4 rings (SSSR count). The molecule has 0 spiro atoms. The molecule has 2 aromatic heterocycles. The number of halogens is 1. The molecular formula is C17H17FN4O2. The molecule has 0 saturated carbocycles. The predicted molar refractivity (Wildman–Crippen MR) is 83.5 cm³/mol. The number of imidazole rings is 1. The van der Waals surface area contributed by atoms with E-state index in [4.69, 9.17) is 9.15 Å². The van der Waals surface area contributed by atoms with Gasteiger partial charge in [0.25, 0.3) is 5.89 Å². The Labute approximate surface area is 138 Å². The summed E-state index contributed by atoms with van der Waals surface area (Å²) in [7, 11) is 0. The molecular weight excluding hydrogens is 311 g/mol. The zero-order chi connectivity index (χ0) is 16.5. The minimum absolute atomic E-state index is 0.183. The number of hydrogen-bond acceptors (Lipinski definition) is 5. The molecule has 24 heavy (non-hydrogen) atoms. The average Bonchev–Trinajstić information content (AvgIpc) is 3.31. The van der Waals surface area contributed by atoms with Crippen LogP contribution in [0.4, 0.5) is 4.39 Å². The van der Waals surface area contributed by atoms with E-state index in [1.54, 1.807) is 37.6 Å². The summed E-state index contributed by atoms with van der Waals surface area (Å²) in [6.45, 7) is 3.11. The van der Waals surface area contributed by atoms with Gasteiger partial charge in [0.2, 0.25) is 5.89 Å². The molecule has 0 amide bonds. The summed E-state index contributed by atoms with van der Waals surface area (Å²) in [6.07, 6.45) is 6.06. The van der Waals surface area contributed by atoms with Crippen LogP contribution < -0.4 is 0 Å². The molecule has 1 aromatic carbocycles. The highest BCUT2D eigenvalue weighted by molar-refractivity contribution is 5.55. The number of benzene rings is 1. The van der Waals surface area contributed by atoms with Crippen molar-refractivity contribution >= 4 is 0 Å². The predicted octanol–water partition coefficient (Wildman–Crippen LogP) is 3.16. The Balaban J connectivity index is 1.58. The second kappa shape index (κ2) is 6.16. The summed E-state index contributed by atoms with van der Waals surface area (Å²) < 4.78 is 27.7. The van der Waals surface area contributed by atoms with Gasteiger partial charge < -0.3 is 13.7 Å². The lowest BCUT2D eigenvalue weighted by Gasteiger charge is -2.15. The molecule has 124 valence electrons. The molecule has 1 fully saturated rings. The minimum Gasteiger partial charge on any atom is -0.418 e. The van der Waals surface area contributed by atoms with E-state index in [1.165, 1.54) is 0 Å². The molecule has 0 N–H and O–H groups in total. The fourth-order valence-electron chi connectivity index (χ4n) is 3.03. The molecule has 0 radical (unpaired) electrons. The number of ether oxygens (including phenoxy) is 1. The zero-order valence-corrected chi connectivity index (χ0v) is 13.2. The Morgan fingerprint density at radius 1 is 1.33 bits per heavy atom. The maximum absolute atomic E-state index is 14.2. The molecule has 0 aliphatic carbocycles. The number of rotatable bonds is 4. The van der Waals surface area contributed by atoms with E-state index in [-0.39, 0.29) is 23.7 Å². The van der Waals surface area contributed by atoms with Crippen molar-refractivity contribution in [3.8, 4) is 11.5 Å². The van der Waals surface area contributed by atoms with Crippen LogP contribution in [0.2, 0.25) is 0 Å². The van der Waals surface area contributed by atoms with Crippen molar-refractivity contribution in [3.05, 3.63) is 54.2 Å². The van der Waals surface area contributed by atoms with Crippen LogP contribution >= 0.6 is 0 Å². The van der Waals surface area contributed by atoms with Crippen LogP contribution in [-0.2, 0) is 11.3 Å². The third-order valence-corrected chi connectivity index (χ3v) is 4.32. The Bertz CT molecular complexity index is 831. The summed E-state index contributed by atoms with van der Waals surface area (Å²) in [6, 6.07) is 5.11. The number of aromatic nitrogens is 4. The SMILES string of the molecule is Cc1cccc(-c2nnc([C@H]3OCC[C@H]3Cn3ccnc3)o2)c1F. The average molecular weight is 328 g/mol. The lowest BCUT2D eigenvalue weighted by Crippen LogP contribution is -2.14. The van der Waals surface area contributed by atoms with Crippen LogP contribution in [0.3, 0.4) is 0 Å².